The molecule has 84 valence electrons. The summed E-state index contributed by atoms with van der Waals surface area (Å²) >= 11 is 0. The highest BCUT2D eigenvalue weighted by molar-refractivity contribution is 5.95. The highest BCUT2D eigenvalue weighted by Gasteiger charge is 2.41. The van der Waals surface area contributed by atoms with E-state index in [1.165, 1.54) is 0 Å². The third-order valence-electron chi connectivity index (χ3n) is 3.00. The van der Waals surface area contributed by atoms with Gasteiger partial charge in [-0.1, -0.05) is 0 Å². The molecule has 0 aromatic carbocycles. The van der Waals surface area contributed by atoms with Gasteiger partial charge in [0, 0.05) is 19.1 Å². The summed E-state index contributed by atoms with van der Waals surface area (Å²) in [5.41, 5.74) is 5.65. The van der Waals surface area contributed by atoms with Crippen LogP contribution in [-0.4, -0.2) is 53.3 Å². The molecular weight excluding hydrogens is 194 g/mol. The van der Waals surface area contributed by atoms with Crippen LogP contribution in [0.4, 0.5) is 0 Å². The molecular formula is C10H17N3O2. The van der Waals surface area contributed by atoms with Gasteiger partial charge in [-0.3, -0.25) is 9.59 Å². The van der Waals surface area contributed by atoms with E-state index >= 15 is 0 Å². The van der Waals surface area contributed by atoms with E-state index in [1.807, 2.05) is 6.92 Å². The third-order valence-corrected chi connectivity index (χ3v) is 3.00. The van der Waals surface area contributed by atoms with Crippen molar-refractivity contribution in [2.45, 2.75) is 31.8 Å². The second-order valence-electron chi connectivity index (χ2n) is 4.44. The maximum Gasteiger partial charge on any atom is 0.245 e. The Hall–Kier alpha value is -1.10. The van der Waals surface area contributed by atoms with Crippen molar-refractivity contribution in [3.8, 4) is 0 Å². The fourth-order valence-electron chi connectivity index (χ4n) is 2.37. The molecule has 2 N–H and O–H groups in total. The highest BCUT2D eigenvalue weighted by atomic mass is 16.2. The fraction of sp³-hybridized carbons (Fsp3) is 0.800. The number of nitrogens with zero attached hydrogens (tertiary/aromatic N) is 2. The molecule has 0 aliphatic carbocycles. The number of nitrogens with two attached hydrogens (primary N) is 1. The van der Waals surface area contributed by atoms with Crippen LogP contribution in [0.1, 0.15) is 19.8 Å². The first-order valence-electron chi connectivity index (χ1n) is 5.43. The maximum absolute atomic E-state index is 12.0. The van der Waals surface area contributed by atoms with Crippen LogP contribution >= 0.6 is 0 Å². The molecule has 2 saturated heterocycles. The Morgan fingerprint density at radius 1 is 1.53 bits per heavy atom. The monoisotopic (exact) mass is 211 g/mol. The Morgan fingerprint density at radius 2 is 2.27 bits per heavy atom. The molecule has 1 unspecified atom stereocenters. The molecule has 5 heteroatoms. The molecule has 2 amide bonds. The van der Waals surface area contributed by atoms with Crippen molar-refractivity contribution in [1.82, 2.24) is 9.80 Å². The van der Waals surface area contributed by atoms with E-state index in [9.17, 15) is 9.59 Å². The van der Waals surface area contributed by atoms with E-state index in [-0.39, 0.29) is 30.4 Å². The lowest BCUT2D eigenvalue weighted by Gasteiger charge is -2.37. The first-order valence-corrected chi connectivity index (χ1v) is 5.43. The Morgan fingerprint density at radius 3 is 2.93 bits per heavy atom. The first kappa shape index (κ1) is 10.4. The SMILES string of the molecule is C[C@@H](N)CN1CC(=O)N2CCCC2C1=O. The molecule has 0 radical (unpaired) electrons. The average molecular weight is 211 g/mol. The minimum Gasteiger partial charge on any atom is -0.330 e. The van der Waals surface area contributed by atoms with Crippen molar-refractivity contribution < 1.29 is 9.59 Å². The predicted molar refractivity (Wildman–Crippen MR) is 55.0 cm³/mol. The van der Waals surface area contributed by atoms with Gasteiger partial charge in [-0.05, 0) is 19.8 Å². The smallest absolute Gasteiger partial charge is 0.245 e. The van der Waals surface area contributed by atoms with Crippen LogP contribution in [0.15, 0.2) is 0 Å². The topological polar surface area (TPSA) is 66.6 Å². The summed E-state index contributed by atoms with van der Waals surface area (Å²) in [5.74, 6) is 0.141. The molecule has 0 bridgehead atoms. The summed E-state index contributed by atoms with van der Waals surface area (Å²) in [7, 11) is 0. The van der Waals surface area contributed by atoms with Crippen molar-refractivity contribution in [2.75, 3.05) is 19.6 Å². The molecule has 0 spiro atoms. The zero-order valence-electron chi connectivity index (χ0n) is 8.98. The summed E-state index contributed by atoms with van der Waals surface area (Å²) < 4.78 is 0. The molecule has 2 rings (SSSR count). The van der Waals surface area contributed by atoms with Crippen molar-refractivity contribution in [3.05, 3.63) is 0 Å². The molecule has 0 saturated carbocycles. The largest absolute Gasteiger partial charge is 0.330 e. The van der Waals surface area contributed by atoms with E-state index in [2.05, 4.69) is 0 Å². The Kier molecular flexibility index (Phi) is 2.65. The van der Waals surface area contributed by atoms with Gasteiger partial charge in [-0.25, -0.2) is 0 Å². The zero-order chi connectivity index (χ0) is 11.0. The van der Waals surface area contributed by atoms with Gasteiger partial charge in [-0.2, -0.15) is 0 Å². The summed E-state index contributed by atoms with van der Waals surface area (Å²) in [4.78, 5) is 27.0. The summed E-state index contributed by atoms with van der Waals surface area (Å²) in [6.45, 7) is 3.27. The van der Waals surface area contributed by atoms with Gasteiger partial charge in [0.1, 0.15) is 6.04 Å². The average Bonchev–Trinajstić information content (AvgIpc) is 2.61. The van der Waals surface area contributed by atoms with E-state index in [4.69, 9.17) is 5.73 Å². The van der Waals surface area contributed by atoms with Crippen LogP contribution in [0.25, 0.3) is 0 Å². The lowest BCUT2D eigenvalue weighted by atomic mass is 10.1. The number of piperazine rings is 1. The molecule has 2 fully saturated rings. The molecule has 15 heavy (non-hydrogen) atoms. The Bertz CT molecular complexity index is 290. The number of hydrogen-bond acceptors (Lipinski definition) is 3. The van der Waals surface area contributed by atoms with Gasteiger partial charge in [0.2, 0.25) is 11.8 Å². The van der Waals surface area contributed by atoms with Gasteiger partial charge in [0.25, 0.3) is 0 Å². The zero-order valence-corrected chi connectivity index (χ0v) is 8.98. The number of fused-ring (bicyclic) bond motifs is 1. The van der Waals surface area contributed by atoms with Crippen molar-refractivity contribution in [1.29, 1.82) is 0 Å². The van der Waals surface area contributed by atoms with Crippen LogP contribution in [0.3, 0.4) is 0 Å². The maximum atomic E-state index is 12.0. The van der Waals surface area contributed by atoms with Gasteiger partial charge < -0.3 is 15.5 Å². The predicted octanol–water partition coefficient (Wildman–Crippen LogP) is -0.833. The summed E-state index contributed by atoms with van der Waals surface area (Å²) in [6.07, 6.45) is 1.74. The van der Waals surface area contributed by atoms with Gasteiger partial charge >= 0.3 is 0 Å². The Balaban J connectivity index is 2.10. The number of amides is 2. The van der Waals surface area contributed by atoms with E-state index in [0.29, 0.717) is 6.54 Å². The third kappa shape index (κ3) is 1.84. The van der Waals surface area contributed by atoms with Crippen LogP contribution in [0, 0.1) is 0 Å². The standard InChI is InChI=1S/C10H17N3O2/c1-7(11)5-12-6-9(14)13-4-2-3-8(13)10(12)15/h7-8H,2-6,11H2,1H3/t7-,8?/m1/s1. The molecule has 0 aromatic heterocycles. The molecule has 2 heterocycles. The van der Waals surface area contributed by atoms with Gasteiger partial charge in [0.05, 0.1) is 6.54 Å². The Labute approximate surface area is 89.2 Å². The normalized spacial score (nSPS) is 28.3. The number of carbonyl (C=O) groups is 2. The van der Waals surface area contributed by atoms with E-state index in [0.717, 1.165) is 19.4 Å². The van der Waals surface area contributed by atoms with Crippen LogP contribution < -0.4 is 5.73 Å². The van der Waals surface area contributed by atoms with E-state index < -0.39 is 0 Å². The molecule has 2 aliphatic heterocycles. The number of hydrogen-bond donors (Lipinski definition) is 1. The lowest BCUT2D eigenvalue weighted by Crippen LogP contribution is -2.59. The molecule has 2 atom stereocenters. The van der Waals surface area contributed by atoms with Gasteiger partial charge in [0.15, 0.2) is 0 Å². The first-order chi connectivity index (χ1) is 7.09. The minimum absolute atomic E-state index is 0.0674. The van der Waals surface area contributed by atoms with E-state index in [1.54, 1.807) is 9.80 Å². The van der Waals surface area contributed by atoms with Crippen LogP contribution in [-0.2, 0) is 9.59 Å². The quantitative estimate of drug-likeness (QED) is 0.648. The van der Waals surface area contributed by atoms with Crippen molar-refractivity contribution >= 4 is 11.8 Å². The highest BCUT2D eigenvalue weighted by Crippen LogP contribution is 2.23. The molecule has 2 aliphatic rings. The minimum atomic E-state index is -0.204. The molecule has 0 aromatic rings. The lowest BCUT2D eigenvalue weighted by molar-refractivity contribution is -0.153. The summed E-state index contributed by atoms with van der Waals surface area (Å²) in [5, 5.41) is 0. The van der Waals surface area contributed by atoms with Gasteiger partial charge in [-0.15, -0.1) is 0 Å². The van der Waals surface area contributed by atoms with Crippen LogP contribution in [0.5, 0.6) is 0 Å². The second kappa shape index (κ2) is 3.81. The molecule has 5 nitrogen and oxygen atoms in total. The van der Waals surface area contributed by atoms with Crippen molar-refractivity contribution in [2.24, 2.45) is 5.73 Å². The van der Waals surface area contributed by atoms with Crippen molar-refractivity contribution in [3.63, 3.8) is 0 Å². The number of rotatable bonds is 2. The second-order valence-corrected chi connectivity index (χ2v) is 4.44. The summed E-state index contributed by atoms with van der Waals surface area (Å²) in [6, 6.07) is -0.278. The number of carbonyl (C=O) groups excluding carboxylic acids is 2. The van der Waals surface area contributed by atoms with Crippen LogP contribution in [0.2, 0.25) is 0 Å². The fourth-order valence-corrected chi connectivity index (χ4v) is 2.37.